The largest absolute Gasteiger partial charge is 0.387 e. The van der Waals surface area contributed by atoms with Crippen LogP contribution in [0.15, 0.2) is 35.8 Å². The fourth-order valence-electron chi connectivity index (χ4n) is 2.06. The van der Waals surface area contributed by atoms with Gasteiger partial charge in [-0.05, 0) is 18.2 Å². The van der Waals surface area contributed by atoms with E-state index in [1.807, 2.05) is 28.1 Å². The average Bonchev–Trinajstić information content (AvgIpc) is 3.06. The van der Waals surface area contributed by atoms with Crippen LogP contribution in [0.3, 0.4) is 0 Å². The molecule has 0 aliphatic rings. The first-order valence-corrected chi connectivity index (χ1v) is 7.77. The molecule has 2 aromatic heterocycles. The van der Waals surface area contributed by atoms with Crippen molar-refractivity contribution in [3.63, 3.8) is 0 Å². The third-order valence-corrected chi connectivity index (χ3v) is 4.12. The molecule has 22 heavy (non-hydrogen) atoms. The zero-order valence-electron chi connectivity index (χ0n) is 11.4. The fraction of sp³-hybridized carbons (Fsp3) is 0.143. The highest BCUT2D eigenvalue weighted by molar-refractivity contribution is 7.15. The topological polar surface area (TPSA) is 78.7 Å². The predicted octanol–water partition coefficient (Wildman–Crippen LogP) is 2.59. The maximum Gasteiger partial charge on any atom is 0.250 e. The normalized spacial score (nSPS) is 10.8. The maximum absolute atomic E-state index is 11.2. The molecule has 3 rings (SSSR count). The number of hydrogen-bond acceptors (Lipinski definition) is 5. The van der Waals surface area contributed by atoms with E-state index in [0.717, 1.165) is 16.3 Å². The van der Waals surface area contributed by atoms with Gasteiger partial charge >= 0.3 is 0 Å². The van der Waals surface area contributed by atoms with E-state index in [2.05, 4.69) is 15.6 Å². The molecule has 3 N–H and O–H groups in total. The second-order valence-electron chi connectivity index (χ2n) is 4.55. The summed E-state index contributed by atoms with van der Waals surface area (Å²) in [6.45, 7) is -0.0344. The Kier molecular flexibility index (Phi) is 4.28. The highest BCUT2D eigenvalue weighted by Gasteiger charge is 2.11. The molecule has 8 heteroatoms. The van der Waals surface area contributed by atoms with Crippen molar-refractivity contribution in [2.24, 2.45) is 0 Å². The highest BCUT2D eigenvalue weighted by Crippen LogP contribution is 2.23. The Hall–Kier alpha value is -2.09. The summed E-state index contributed by atoms with van der Waals surface area (Å²) in [6, 6.07) is 7.23. The number of fused-ring (bicyclic) bond motifs is 1. The van der Waals surface area contributed by atoms with Crippen LogP contribution in [-0.2, 0) is 11.3 Å². The van der Waals surface area contributed by atoms with Gasteiger partial charge in [0.1, 0.15) is 6.61 Å². The molecular formula is C14H13ClN4O2S. The van der Waals surface area contributed by atoms with Crippen molar-refractivity contribution in [1.82, 2.24) is 9.38 Å². The van der Waals surface area contributed by atoms with Gasteiger partial charge in [0.15, 0.2) is 10.1 Å². The number of anilines is 2. The Labute approximate surface area is 135 Å². The second kappa shape index (κ2) is 6.35. The number of aromatic nitrogens is 2. The monoisotopic (exact) mass is 336 g/mol. The first-order valence-electron chi connectivity index (χ1n) is 6.52. The van der Waals surface area contributed by atoms with Crippen LogP contribution in [0.25, 0.3) is 4.96 Å². The maximum atomic E-state index is 11.2. The summed E-state index contributed by atoms with van der Waals surface area (Å²) >= 11 is 7.67. The molecule has 0 atom stereocenters. The van der Waals surface area contributed by atoms with Gasteiger partial charge in [-0.2, -0.15) is 0 Å². The highest BCUT2D eigenvalue weighted by atomic mass is 35.5. The SMILES string of the molecule is O=C(CO)Nc1cccc(NCc2c(Cl)nc3sccn23)c1. The molecule has 0 saturated heterocycles. The van der Waals surface area contributed by atoms with Gasteiger partial charge in [-0.1, -0.05) is 17.7 Å². The summed E-state index contributed by atoms with van der Waals surface area (Å²) in [5.74, 6) is -0.448. The lowest BCUT2D eigenvalue weighted by Gasteiger charge is -2.09. The number of hydrogen-bond donors (Lipinski definition) is 3. The van der Waals surface area contributed by atoms with Gasteiger partial charge in [-0.25, -0.2) is 4.98 Å². The van der Waals surface area contributed by atoms with E-state index in [1.165, 1.54) is 11.3 Å². The van der Waals surface area contributed by atoms with Crippen LogP contribution in [0.1, 0.15) is 5.69 Å². The third kappa shape index (κ3) is 3.06. The van der Waals surface area contributed by atoms with Crippen molar-refractivity contribution in [3.05, 3.63) is 46.7 Å². The lowest BCUT2D eigenvalue weighted by Crippen LogP contribution is -2.15. The predicted molar refractivity (Wildman–Crippen MR) is 87.6 cm³/mol. The fourth-order valence-corrected chi connectivity index (χ4v) is 3.08. The van der Waals surface area contributed by atoms with Crippen LogP contribution in [0, 0.1) is 0 Å². The molecule has 0 unspecified atom stereocenters. The quantitative estimate of drug-likeness (QED) is 0.669. The Morgan fingerprint density at radius 2 is 2.23 bits per heavy atom. The van der Waals surface area contributed by atoms with Gasteiger partial charge in [0, 0.05) is 23.0 Å². The summed E-state index contributed by atoms with van der Waals surface area (Å²) in [5, 5.41) is 17.0. The number of thiazole rings is 1. The zero-order chi connectivity index (χ0) is 15.5. The molecule has 2 heterocycles. The van der Waals surface area contributed by atoms with Crippen molar-refractivity contribution >= 4 is 45.2 Å². The summed E-state index contributed by atoms with van der Waals surface area (Å²) in [6.07, 6.45) is 1.92. The van der Waals surface area contributed by atoms with Gasteiger partial charge in [0.05, 0.1) is 12.2 Å². The third-order valence-electron chi connectivity index (χ3n) is 3.06. The number of benzene rings is 1. The number of halogens is 1. The summed E-state index contributed by atoms with van der Waals surface area (Å²) in [7, 11) is 0. The van der Waals surface area contributed by atoms with Gasteiger partial charge in [-0.15, -0.1) is 11.3 Å². The molecule has 0 bridgehead atoms. The molecular weight excluding hydrogens is 324 g/mol. The van der Waals surface area contributed by atoms with E-state index < -0.39 is 12.5 Å². The molecule has 3 aromatic rings. The van der Waals surface area contributed by atoms with E-state index in [-0.39, 0.29) is 0 Å². The van der Waals surface area contributed by atoms with E-state index in [0.29, 0.717) is 17.4 Å². The van der Waals surface area contributed by atoms with Gasteiger partial charge in [0.2, 0.25) is 5.91 Å². The lowest BCUT2D eigenvalue weighted by atomic mass is 10.2. The van der Waals surface area contributed by atoms with Crippen molar-refractivity contribution in [2.45, 2.75) is 6.54 Å². The molecule has 0 spiro atoms. The van der Waals surface area contributed by atoms with E-state index >= 15 is 0 Å². The first-order chi connectivity index (χ1) is 10.7. The average molecular weight is 337 g/mol. The number of carbonyl (C=O) groups is 1. The van der Waals surface area contributed by atoms with Crippen molar-refractivity contribution in [1.29, 1.82) is 0 Å². The van der Waals surface area contributed by atoms with E-state index in [1.54, 1.807) is 12.1 Å². The molecule has 0 aliphatic carbocycles. The molecule has 1 aromatic carbocycles. The van der Waals surface area contributed by atoms with Crippen LogP contribution in [0.2, 0.25) is 5.15 Å². The Balaban J connectivity index is 1.73. The van der Waals surface area contributed by atoms with E-state index in [4.69, 9.17) is 16.7 Å². The lowest BCUT2D eigenvalue weighted by molar-refractivity contribution is -0.118. The number of nitrogens with one attached hydrogen (secondary N) is 2. The molecule has 0 aliphatic heterocycles. The Morgan fingerprint density at radius 3 is 3.05 bits per heavy atom. The standard InChI is InChI=1S/C14H13ClN4O2S/c15-13-11(19-4-5-22-14(19)18-13)7-16-9-2-1-3-10(6-9)17-12(21)8-20/h1-6,16,20H,7-8H2,(H,17,21). The number of carbonyl (C=O) groups excluding carboxylic acids is 1. The summed E-state index contributed by atoms with van der Waals surface area (Å²) < 4.78 is 1.94. The van der Waals surface area contributed by atoms with Crippen LogP contribution in [-0.4, -0.2) is 27.0 Å². The minimum absolute atomic E-state index is 0.448. The Bertz CT molecular complexity index is 814. The Morgan fingerprint density at radius 1 is 1.41 bits per heavy atom. The number of amides is 1. The smallest absolute Gasteiger partial charge is 0.250 e. The van der Waals surface area contributed by atoms with Gasteiger partial charge in [0.25, 0.3) is 0 Å². The molecule has 114 valence electrons. The van der Waals surface area contributed by atoms with Gasteiger partial charge in [-0.3, -0.25) is 9.20 Å². The van der Waals surface area contributed by atoms with Crippen LogP contribution in [0.4, 0.5) is 11.4 Å². The minimum atomic E-state index is -0.542. The van der Waals surface area contributed by atoms with Crippen molar-refractivity contribution in [2.75, 3.05) is 17.2 Å². The van der Waals surface area contributed by atoms with Crippen molar-refractivity contribution in [3.8, 4) is 0 Å². The second-order valence-corrected chi connectivity index (χ2v) is 5.78. The molecule has 1 amide bonds. The summed E-state index contributed by atoms with van der Waals surface area (Å²) in [4.78, 5) is 16.3. The summed E-state index contributed by atoms with van der Waals surface area (Å²) in [5.41, 5.74) is 2.32. The first kappa shape index (κ1) is 14.8. The number of aliphatic hydroxyl groups is 1. The zero-order valence-corrected chi connectivity index (χ0v) is 13.0. The van der Waals surface area contributed by atoms with Crippen molar-refractivity contribution < 1.29 is 9.90 Å². The molecule has 0 fully saturated rings. The number of aliphatic hydroxyl groups excluding tert-OH is 1. The molecule has 0 saturated carbocycles. The molecule has 0 radical (unpaired) electrons. The van der Waals surface area contributed by atoms with E-state index in [9.17, 15) is 4.79 Å². The minimum Gasteiger partial charge on any atom is -0.387 e. The number of imidazole rings is 1. The van der Waals surface area contributed by atoms with Gasteiger partial charge < -0.3 is 15.7 Å². The molecule has 6 nitrogen and oxygen atoms in total. The van der Waals surface area contributed by atoms with Crippen LogP contribution < -0.4 is 10.6 Å². The number of rotatable bonds is 5. The van der Waals surface area contributed by atoms with Crippen LogP contribution >= 0.6 is 22.9 Å². The van der Waals surface area contributed by atoms with Crippen LogP contribution in [0.5, 0.6) is 0 Å². The number of nitrogens with zero attached hydrogens (tertiary/aromatic N) is 2.